The summed E-state index contributed by atoms with van der Waals surface area (Å²) in [5.41, 5.74) is 1.93. The first-order valence-corrected chi connectivity index (χ1v) is 13.4. The number of thiazole rings is 1. The maximum Gasteiger partial charge on any atom is 0.257 e. The van der Waals surface area contributed by atoms with Gasteiger partial charge < -0.3 is 9.47 Å². The van der Waals surface area contributed by atoms with E-state index in [2.05, 4.69) is 24.1 Å². The Bertz CT molecular complexity index is 1310. The van der Waals surface area contributed by atoms with E-state index in [0.29, 0.717) is 52.8 Å². The van der Waals surface area contributed by atoms with Crippen molar-refractivity contribution in [1.29, 1.82) is 0 Å². The number of hydrogen-bond donors (Lipinski definition) is 1. The molecule has 1 N–H and O–H groups in total. The van der Waals surface area contributed by atoms with Crippen LogP contribution in [0.3, 0.4) is 0 Å². The van der Waals surface area contributed by atoms with Gasteiger partial charge in [-0.05, 0) is 60.7 Å². The van der Waals surface area contributed by atoms with Crippen molar-refractivity contribution in [2.45, 2.75) is 25.2 Å². The second-order valence-electron chi connectivity index (χ2n) is 8.85. The van der Waals surface area contributed by atoms with Crippen LogP contribution in [-0.2, 0) is 10.0 Å². The number of nitrogens with zero attached hydrogens (tertiary/aromatic N) is 2. The van der Waals surface area contributed by atoms with Crippen molar-refractivity contribution in [2.75, 3.05) is 25.2 Å². The van der Waals surface area contributed by atoms with Crippen LogP contribution in [0.5, 0.6) is 11.5 Å². The molecule has 2 aliphatic heterocycles. The summed E-state index contributed by atoms with van der Waals surface area (Å²) in [6.07, 6.45) is 1.03. The molecule has 1 saturated heterocycles. The lowest BCUT2D eigenvalue weighted by Gasteiger charge is -2.34. The van der Waals surface area contributed by atoms with E-state index >= 15 is 0 Å². The van der Waals surface area contributed by atoms with E-state index in [0.717, 1.165) is 12.0 Å². The van der Waals surface area contributed by atoms with Crippen molar-refractivity contribution in [2.24, 2.45) is 11.8 Å². The summed E-state index contributed by atoms with van der Waals surface area (Å²) in [6, 6.07) is 11.6. The molecule has 2 aliphatic rings. The number of carbonyl (C=O) groups is 1. The highest BCUT2D eigenvalue weighted by Gasteiger charge is 2.31. The molecule has 1 amide bonds. The number of rotatable bonds is 5. The average Bonchev–Trinajstić information content (AvgIpc) is 3.47. The lowest BCUT2D eigenvalue weighted by molar-refractivity contribution is 0.102. The van der Waals surface area contributed by atoms with Crippen molar-refractivity contribution < 1.29 is 22.7 Å². The third kappa shape index (κ3) is 4.53. The Morgan fingerprint density at radius 3 is 2.50 bits per heavy atom. The number of benzene rings is 2. The second-order valence-corrected chi connectivity index (χ2v) is 11.6. The number of anilines is 1. The van der Waals surface area contributed by atoms with Gasteiger partial charge in [-0.1, -0.05) is 13.8 Å². The number of sulfonamides is 1. The number of carbonyl (C=O) groups excluding carboxylic acids is 1. The second kappa shape index (κ2) is 9.01. The molecule has 0 spiro atoms. The van der Waals surface area contributed by atoms with Gasteiger partial charge in [0.05, 0.1) is 10.6 Å². The third-order valence-electron chi connectivity index (χ3n) is 5.98. The van der Waals surface area contributed by atoms with Gasteiger partial charge in [0.2, 0.25) is 16.8 Å². The summed E-state index contributed by atoms with van der Waals surface area (Å²) in [7, 11) is -3.59. The first kappa shape index (κ1) is 22.8. The molecule has 10 heteroatoms. The van der Waals surface area contributed by atoms with Crippen LogP contribution >= 0.6 is 11.3 Å². The van der Waals surface area contributed by atoms with E-state index in [9.17, 15) is 13.2 Å². The highest BCUT2D eigenvalue weighted by Crippen LogP contribution is 2.36. The molecule has 3 heterocycles. The van der Waals surface area contributed by atoms with Crippen LogP contribution < -0.4 is 14.8 Å². The first-order valence-electron chi connectivity index (χ1n) is 11.1. The van der Waals surface area contributed by atoms with Crippen LogP contribution in [0.2, 0.25) is 0 Å². The van der Waals surface area contributed by atoms with Gasteiger partial charge in [0.1, 0.15) is 0 Å². The Kier molecular flexibility index (Phi) is 6.05. The lowest BCUT2D eigenvalue weighted by atomic mass is 9.94. The third-order valence-corrected chi connectivity index (χ3v) is 8.59. The Hall–Kier alpha value is -2.95. The molecule has 2 atom stereocenters. The molecule has 1 fully saturated rings. The van der Waals surface area contributed by atoms with Gasteiger partial charge in [-0.2, -0.15) is 4.31 Å². The summed E-state index contributed by atoms with van der Waals surface area (Å²) >= 11 is 1.31. The Morgan fingerprint density at radius 1 is 1.06 bits per heavy atom. The van der Waals surface area contributed by atoms with Crippen molar-refractivity contribution in [3.05, 3.63) is 53.4 Å². The molecule has 3 aromatic rings. The van der Waals surface area contributed by atoms with Gasteiger partial charge in [-0.25, -0.2) is 13.4 Å². The topological polar surface area (TPSA) is 97.8 Å². The zero-order valence-corrected chi connectivity index (χ0v) is 20.5. The normalized spacial score (nSPS) is 20.3. The fourth-order valence-corrected chi connectivity index (χ4v) is 6.81. The molecular formula is C24H25N3O5S2. The molecule has 178 valence electrons. The number of ether oxygens (including phenoxy) is 2. The minimum absolute atomic E-state index is 0.199. The minimum atomic E-state index is -3.59. The SMILES string of the molecule is C[C@@H]1C[C@H](C)CN(S(=O)(=O)c2ccc(C(=O)Nc3nc(-c4ccc5c(c4)OCO5)cs3)cc2)C1. The molecule has 0 aliphatic carbocycles. The molecular weight excluding hydrogens is 474 g/mol. The fraction of sp³-hybridized carbons (Fsp3) is 0.333. The Balaban J connectivity index is 1.27. The summed E-state index contributed by atoms with van der Waals surface area (Å²) in [5, 5.41) is 5.09. The minimum Gasteiger partial charge on any atom is -0.454 e. The van der Waals surface area contributed by atoms with Gasteiger partial charge in [0.25, 0.3) is 5.91 Å². The van der Waals surface area contributed by atoms with Crippen LogP contribution in [0.15, 0.2) is 52.7 Å². The Morgan fingerprint density at radius 2 is 1.76 bits per heavy atom. The lowest BCUT2D eigenvalue weighted by Crippen LogP contribution is -2.42. The standard InChI is InChI=1S/C24H25N3O5S2/c1-15-9-16(2)12-27(11-15)34(29,30)19-6-3-17(4-7-19)23(28)26-24-25-20(13-33-24)18-5-8-21-22(10-18)32-14-31-21/h3-8,10,13,15-16H,9,11-12,14H2,1-2H3,(H,25,26,28)/t15-,16+. The molecule has 2 aromatic carbocycles. The maximum atomic E-state index is 13.1. The van der Waals surface area contributed by atoms with Crippen LogP contribution in [0, 0.1) is 11.8 Å². The summed E-state index contributed by atoms with van der Waals surface area (Å²) in [4.78, 5) is 17.4. The summed E-state index contributed by atoms with van der Waals surface area (Å²) in [5.74, 6) is 1.66. The predicted molar refractivity (Wildman–Crippen MR) is 130 cm³/mol. The van der Waals surface area contributed by atoms with Crippen LogP contribution in [0.4, 0.5) is 5.13 Å². The van der Waals surface area contributed by atoms with Crippen LogP contribution in [0.25, 0.3) is 11.3 Å². The zero-order valence-electron chi connectivity index (χ0n) is 18.9. The monoisotopic (exact) mass is 499 g/mol. The number of fused-ring (bicyclic) bond motifs is 1. The molecule has 0 saturated carbocycles. The van der Waals surface area contributed by atoms with E-state index in [4.69, 9.17) is 9.47 Å². The van der Waals surface area contributed by atoms with Crippen molar-refractivity contribution in [3.63, 3.8) is 0 Å². The van der Waals surface area contributed by atoms with Gasteiger partial charge in [0.15, 0.2) is 16.6 Å². The van der Waals surface area contributed by atoms with Gasteiger partial charge in [-0.3, -0.25) is 10.1 Å². The molecule has 34 heavy (non-hydrogen) atoms. The first-order chi connectivity index (χ1) is 16.3. The van der Waals surface area contributed by atoms with Gasteiger partial charge in [-0.15, -0.1) is 11.3 Å². The smallest absolute Gasteiger partial charge is 0.257 e. The molecule has 0 radical (unpaired) electrons. The van der Waals surface area contributed by atoms with E-state index in [-0.39, 0.29) is 17.6 Å². The largest absolute Gasteiger partial charge is 0.454 e. The van der Waals surface area contributed by atoms with E-state index < -0.39 is 10.0 Å². The molecule has 0 unspecified atom stereocenters. The van der Waals surface area contributed by atoms with E-state index in [1.54, 1.807) is 4.31 Å². The van der Waals surface area contributed by atoms with Crippen LogP contribution in [-0.4, -0.2) is 43.5 Å². The summed E-state index contributed by atoms with van der Waals surface area (Å²) in [6.45, 7) is 5.38. The highest BCUT2D eigenvalue weighted by molar-refractivity contribution is 7.89. The predicted octanol–water partition coefficient (Wildman–Crippen LogP) is 4.46. The average molecular weight is 500 g/mol. The molecule has 8 nitrogen and oxygen atoms in total. The number of nitrogens with one attached hydrogen (secondary N) is 1. The van der Waals surface area contributed by atoms with Crippen molar-refractivity contribution in [1.82, 2.24) is 9.29 Å². The Labute approximate surface area is 202 Å². The zero-order chi connectivity index (χ0) is 23.9. The maximum absolute atomic E-state index is 13.1. The number of aromatic nitrogens is 1. The fourth-order valence-electron chi connectivity index (χ4n) is 4.42. The van der Waals surface area contributed by atoms with Gasteiger partial charge >= 0.3 is 0 Å². The highest BCUT2D eigenvalue weighted by atomic mass is 32.2. The molecule has 5 rings (SSSR count). The quantitative estimate of drug-likeness (QED) is 0.557. The summed E-state index contributed by atoms with van der Waals surface area (Å²) < 4.78 is 38.4. The van der Waals surface area contributed by atoms with Crippen LogP contribution in [0.1, 0.15) is 30.6 Å². The molecule has 1 aromatic heterocycles. The number of piperidine rings is 1. The number of amides is 1. The van der Waals surface area contributed by atoms with Crippen molar-refractivity contribution in [3.8, 4) is 22.8 Å². The van der Waals surface area contributed by atoms with Crippen molar-refractivity contribution >= 4 is 32.4 Å². The van der Waals surface area contributed by atoms with Gasteiger partial charge in [0, 0.05) is 29.6 Å². The van der Waals surface area contributed by atoms with E-state index in [1.165, 1.54) is 35.6 Å². The van der Waals surface area contributed by atoms with E-state index in [1.807, 2.05) is 23.6 Å². The molecule has 0 bridgehead atoms. The number of hydrogen-bond acceptors (Lipinski definition) is 7.